The molecule has 0 bridgehead atoms. The third-order valence-corrected chi connectivity index (χ3v) is 2.71. The number of ether oxygens (including phenoxy) is 1. The SMILES string of the molecule is CCOc1ncccc1C(=O)Nc1cc([N+](=O)[O-])ccc1F. The van der Waals surface area contributed by atoms with Crippen LogP contribution in [0.2, 0.25) is 0 Å². The van der Waals surface area contributed by atoms with Crippen LogP contribution in [0.3, 0.4) is 0 Å². The van der Waals surface area contributed by atoms with Crippen molar-refractivity contribution in [2.75, 3.05) is 11.9 Å². The van der Waals surface area contributed by atoms with Gasteiger partial charge in [0.25, 0.3) is 11.6 Å². The number of carbonyl (C=O) groups excluding carboxylic acids is 1. The van der Waals surface area contributed by atoms with Crippen molar-refractivity contribution in [3.8, 4) is 5.88 Å². The highest BCUT2D eigenvalue weighted by molar-refractivity contribution is 6.06. The van der Waals surface area contributed by atoms with Crippen LogP contribution in [0.5, 0.6) is 5.88 Å². The van der Waals surface area contributed by atoms with Gasteiger partial charge in [0.2, 0.25) is 5.88 Å². The highest BCUT2D eigenvalue weighted by atomic mass is 19.1. The Morgan fingerprint density at radius 2 is 2.23 bits per heavy atom. The largest absolute Gasteiger partial charge is 0.477 e. The lowest BCUT2D eigenvalue weighted by atomic mass is 10.2. The molecule has 1 heterocycles. The molecule has 0 aliphatic heterocycles. The Bertz CT molecular complexity index is 721. The highest BCUT2D eigenvalue weighted by Gasteiger charge is 2.17. The Kier molecular flexibility index (Phi) is 4.62. The van der Waals surface area contributed by atoms with Gasteiger partial charge in [0.1, 0.15) is 11.4 Å². The van der Waals surface area contributed by atoms with Crippen molar-refractivity contribution in [2.45, 2.75) is 6.92 Å². The number of rotatable bonds is 5. The molecule has 0 unspecified atom stereocenters. The lowest BCUT2D eigenvalue weighted by molar-refractivity contribution is -0.384. The van der Waals surface area contributed by atoms with E-state index in [4.69, 9.17) is 4.74 Å². The molecular weight excluding hydrogens is 293 g/mol. The third kappa shape index (κ3) is 3.35. The molecule has 1 amide bonds. The number of hydrogen-bond donors (Lipinski definition) is 1. The van der Waals surface area contributed by atoms with Gasteiger partial charge in [-0.2, -0.15) is 0 Å². The Morgan fingerprint density at radius 1 is 1.45 bits per heavy atom. The Labute approximate surface area is 124 Å². The molecule has 2 aromatic rings. The number of nitro groups is 1. The van der Waals surface area contributed by atoms with Crippen LogP contribution in [0.1, 0.15) is 17.3 Å². The van der Waals surface area contributed by atoms with Crippen molar-refractivity contribution in [3.63, 3.8) is 0 Å². The number of carbonyl (C=O) groups is 1. The molecule has 0 radical (unpaired) electrons. The summed E-state index contributed by atoms with van der Waals surface area (Å²) in [5.74, 6) is -1.34. The number of aromatic nitrogens is 1. The van der Waals surface area contributed by atoms with Crippen LogP contribution >= 0.6 is 0 Å². The van der Waals surface area contributed by atoms with Gasteiger partial charge in [-0.25, -0.2) is 9.37 Å². The van der Waals surface area contributed by atoms with Gasteiger partial charge in [-0.15, -0.1) is 0 Å². The smallest absolute Gasteiger partial charge is 0.271 e. The Morgan fingerprint density at radius 3 is 2.91 bits per heavy atom. The summed E-state index contributed by atoms with van der Waals surface area (Å²) in [6.45, 7) is 2.04. The van der Waals surface area contributed by atoms with Crippen LogP contribution in [-0.2, 0) is 0 Å². The van der Waals surface area contributed by atoms with E-state index in [1.807, 2.05) is 0 Å². The van der Waals surface area contributed by atoms with E-state index in [9.17, 15) is 19.3 Å². The minimum Gasteiger partial charge on any atom is -0.477 e. The first-order valence-corrected chi connectivity index (χ1v) is 6.36. The van der Waals surface area contributed by atoms with Gasteiger partial charge in [-0.1, -0.05) is 0 Å². The third-order valence-electron chi connectivity index (χ3n) is 2.71. The van der Waals surface area contributed by atoms with E-state index in [0.717, 1.165) is 18.2 Å². The molecule has 2 rings (SSSR count). The number of pyridine rings is 1. The maximum Gasteiger partial charge on any atom is 0.271 e. The van der Waals surface area contributed by atoms with E-state index < -0.39 is 16.6 Å². The minimum absolute atomic E-state index is 0.105. The number of anilines is 1. The second-order valence-corrected chi connectivity index (χ2v) is 4.16. The summed E-state index contributed by atoms with van der Waals surface area (Å²) in [5, 5.41) is 13.0. The number of nitro benzene ring substituents is 1. The van der Waals surface area contributed by atoms with Crippen molar-refractivity contribution in [1.82, 2.24) is 4.98 Å². The van der Waals surface area contributed by atoms with Gasteiger partial charge in [0.05, 0.1) is 17.2 Å². The molecule has 0 aliphatic carbocycles. The molecule has 0 aliphatic rings. The molecule has 1 aromatic carbocycles. The zero-order chi connectivity index (χ0) is 16.1. The molecule has 0 fully saturated rings. The summed E-state index contributed by atoms with van der Waals surface area (Å²) in [6, 6.07) is 5.87. The van der Waals surface area contributed by atoms with Crippen molar-refractivity contribution in [1.29, 1.82) is 0 Å². The van der Waals surface area contributed by atoms with Crippen LogP contribution in [0.4, 0.5) is 15.8 Å². The number of halogens is 1. The molecule has 22 heavy (non-hydrogen) atoms. The predicted octanol–water partition coefficient (Wildman–Crippen LogP) is 2.78. The van der Waals surface area contributed by atoms with Crippen molar-refractivity contribution < 1.29 is 18.8 Å². The summed E-state index contributed by atoms with van der Waals surface area (Å²) < 4.78 is 18.9. The van der Waals surface area contributed by atoms with Crippen LogP contribution in [0.25, 0.3) is 0 Å². The fourth-order valence-electron chi connectivity index (χ4n) is 1.73. The van der Waals surface area contributed by atoms with E-state index >= 15 is 0 Å². The lowest BCUT2D eigenvalue weighted by Crippen LogP contribution is -2.15. The molecule has 1 N–H and O–H groups in total. The van der Waals surface area contributed by atoms with E-state index in [0.29, 0.717) is 6.61 Å². The minimum atomic E-state index is -0.777. The predicted molar refractivity (Wildman–Crippen MR) is 76.4 cm³/mol. The van der Waals surface area contributed by atoms with Gasteiger partial charge in [-0.3, -0.25) is 14.9 Å². The average Bonchev–Trinajstić information content (AvgIpc) is 2.50. The van der Waals surface area contributed by atoms with Gasteiger partial charge < -0.3 is 10.1 Å². The quantitative estimate of drug-likeness (QED) is 0.677. The Hall–Kier alpha value is -3.03. The zero-order valence-corrected chi connectivity index (χ0v) is 11.6. The summed E-state index contributed by atoms with van der Waals surface area (Å²) in [7, 11) is 0. The van der Waals surface area contributed by atoms with Crippen molar-refractivity contribution in [3.05, 3.63) is 58.0 Å². The van der Waals surface area contributed by atoms with Crippen molar-refractivity contribution in [2.24, 2.45) is 0 Å². The number of hydrogen-bond acceptors (Lipinski definition) is 5. The maximum atomic E-state index is 13.7. The molecule has 0 saturated carbocycles. The van der Waals surface area contributed by atoms with Gasteiger partial charge in [0, 0.05) is 18.3 Å². The molecule has 0 saturated heterocycles. The first kappa shape index (κ1) is 15.4. The Balaban J connectivity index is 2.29. The first-order valence-electron chi connectivity index (χ1n) is 6.36. The van der Waals surface area contributed by atoms with Gasteiger partial charge >= 0.3 is 0 Å². The topological polar surface area (TPSA) is 94.4 Å². The standard InChI is InChI=1S/C14H12FN3O4/c1-2-22-14-10(4-3-7-16-14)13(19)17-12-8-9(18(20)21)5-6-11(12)15/h3-8H,2H2,1H3,(H,17,19). The second kappa shape index (κ2) is 6.61. The molecule has 8 heteroatoms. The van der Waals surface area contributed by atoms with Gasteiger partial charge in [-0.05, 0) is 25.1 Å². The van der Waals surface area contributed by atoms with E-state index in [-0.39, 0.29) is 22.8 Å². The van der Waals surface area contributed by atoms with Crippen LogP contribution in [0, 0.1) is 15.9 Å². The summed E-state index contributed by atoms with van der Waals surface area (Å²) in [5.41, 5.74) is -0.506. The molecule has 0 spiro atoms. The number of amides is 1. The highest BCUT2D eigenvalue weighted by Crippen LogP contribution is 2.23. The molecule has 0 atom stereocenters. The van der Waals surface area contributed by atoms with Crippen molar-refractivity contribution >= 4 is 17.3 Å². The number of nitrogens with one attached hydrogen (secondary N) is 1. The lowest BCUT2D eigenvalue weighted by Gasteiger charge is -2.09. The monoisotopic (exact) mass is 305 g/mol. The van der Waals surface area contributed by atoms with E-state index in [1.54, 1.807) is 6.92 Å². The zero-order valence-electron chi connectivity index (χ0n) is 11.6. The molecular formula is C14H12FN3O4. The van der Waals surface area contributed by atoms with Crippen LogP contribution < -0.4 is 10.1 Å². The summed E-state index contributed by atoms with van der Waals surface area (Å²) in [6.07, 6.45) is 1.45. The number of nitrogens with zero attached hydrogens (tertiary/aromatic N) is 2. The maximum absolute atomic E-state index is 13.7. The number of benzene rings is 1. The first-order chi connectivity index (χ1) is 10.5. The van der Waals surface area contributed by atoms with E-state index in [1.165, 1.54) is 18.3 Å². The van der Waals surface area contributed by atoms with E-state index in [2.05, 4.69) is 10.3 Å². The average molecular weight is 305 g/mol. The van der Waals surface area contributed by atoms with Crippen LogP contribution in [0.15, 0.2) is 36.5 Å². The fourth-order valence-corrected chi connectivity index (χ4v) is 1.73. The second-order valence-electron chi connectivity index (χ2n) is 4.16. The van der Waals surface area contributed by atoms with Crippen LogP contribution in [-0.4, -0.2) is 22.4 Å². The molecule has 1 aromatic heterocycles. The summed E-state index contributed by atoms with van der Waals surface area (Å²) in [4.78, 5) is 26.1. The van der Waals surface area contributed by atoms with Gasteiger partial charge in [0.15, 0.2) is 0 Å². The summed E-state index contributed by atoms with van der Waals surface area (Å²) >= 11 is 0. The fraction of sp³-hybridized carbons (Fsp3) is 0.143. The molecule has 114 valence electrons. The molecule has 7 nitrogen and oxygen atoms in total. The normalized spacial score (nSPS) is 10.1. The number of non-ortho nitro benzene ring substituents is 1.